The van der Waals surface area contributed by atoms with Gasteiger partial charge < -0.3 is 10.1 Å². The molecule has 0 aliphatic heterocycles. The van der Waals surface area contributed by atoms with Crippen molar-refractivity contribution < 1.29 is 14.3 Å². The van der Waals surface area contributed by atoms with Crippen molar-refractivity contribution in [2.75, 3.05) is 13.6 Å². The summed E-state index contributed by atoms with van der Waals surface area (Å²) in [6.07, 6.45) is 11.5. The van der Waals surface area contributed by atoms with Crippen molar-refractivity contribution in [2.24, 2.45) is 0 Å². The quantitative estimate of drug-likeness (QED) is 0.245. The molecular weight excluding hydrogens is 293 g/mol. The van der Waals surface area contributed by atoms with Crippen LogP contribution >= 0.6 is 0 Å². The molecule has 0 aliphatic rings. The van der Waals surface area contributed by atoms with E-state index in [1.807, 2.05) is 0 Å². The summed E-state index contributed by atoms with van der Waals surface area (Å²) >= 11 is 0. The first-order chi connectivity index (χ1) is 9.70. The predicted octanol–water partition coefficient (Wildman–Crippen LogP) is 2.94. The van der Waals surface area contributed by atoms with E-state index in [1.54, 1.807) is 7.05 Å². The van der Waals surface area contributed by atoms with E-state index >= 15 is 0 Å². The molecule has 5 heteroatoms. The minimum atomic E-state index is -0.430. The van der Waals surface area contributed by atoms with Gasteiger partial charge in [0.1, 0.15) is 0 Å². The summed E-state index contributed by atoms with van der Waals surface area (Å²) in [6, 6.07) is 0. The van der Waals surface area contributed by atoms with Gasteiger partial charge in [0.2, 0.25) is 0 Å². The number of hydrogen-bond acceptors (Lipinski definition) is 4. The van der Waals surface area contributed by atoms with Gasteiger partial charge in [0.25, 0.3) is 0 Å². The molecule has 0 aliphatic carbocycles. The van der Waals surface area contributed by atoms with Crippen molar-refractivity contribution >= 4 is 63.3 Å². The van der Waals surface area contributed by atoms with Gasteiger partial charge in [-0.1, -0.05) is 58.3 Å². The number of nitrogens with one attached hydrogen (secondary N) is 1. The molecule has 0 aromatic rings. The summed E-state index contributed by atoms with van der Waals surface area (Å²) in [4.78, 5) is 22.5. The second-order valence-corrected chi connectivity index (χ2v) is 5.28. The monoisotopic (exact) mass is 325 g/mol. The van der Waals surface area contributed by atoms with E-state index in [4.69, 9.17) is 4.74 Å². The summed E-state index contributed by atoms with van der Waals surface area (Å²) in [6.45, 7) is 2.77. The number of carbonyl (C=O) groups excluding carboxylic acids is 2. The van der Waals surface area contributed by atoms with E-state index in [9.17, 15) is 9.59 Å². The first-order valence-corrected chi connectivity index (χ1v) is 8.08. The molecule has 0 radical (unpaired) electrons. The predicted molar refractivity (Wildman–Crippen MR) is 88.6 cm³/mol. The Bertz CT molecular complexity index is 260. The average Bonchev–Trinajstić information content (AvgIpc) is 2.43. The number of rotatable bonds is 13. The van der Waals surface area contributed by atoms with E-state index in [1.165, 1.54) is 44.9 Å². The molecule has 0 spiro atoms. The van der Waals surface area contributed by atoms with Crippen LogP contribution in [0.2, 0.25) is 0 Å². The first-order valence-electron chi connectivity index (χ1n) is 8.08. The Kier molecular flexibility index (Phi) is 21.5. The third kappa shape index (κ3) is 18.7. The number of hydrogen-bond donors (Lipinski definition) is 1. The zero-order valence-electron chi connectivity index (χ0n) is 13.2. The Morgan fingerprint density at radius 3 is 1.81 bits per heavy atom. The fourth-order valence-electron chi connectivity index (χ4n) is 2.04. The van der Waals surface area contributed by atoms with Crippen LogP contribution in [0.5, 0.6) is 0 Å². The van der Waals surface area contributed by atoms with Gasteiger partial charge in [0.05, 0.1) is 6.42 Å². The van der Waals surface area contributed by atoms with Gasteiger partial charge >= 0.3 is 63.3 Å². The number of ether oxygens (including phenoxy) is 1. The van der Waals surface area contributed by atoms with Gasteiger partial charge in [-0.15, -0.1) is 0 Å². The van der Waals surface area contributed by atoms with Crippen LogP contribution in [0.4, 0.5) is 0 Å². The van der Waals surface area contributed by atoms with Gasteiger partial charge in [-0.2, -0.15) is 0 Å². The van der Waals surface area contributed by atoms with Crippen molar-refractivity contribution in [3.05, 3.63) is 0 Å². The molecule has 0 rings (SSSR count). The van der Waals surface area contributed by atoms with E-state index in [0.717, 1.165) is 12.8 Å². The van der Waals surface area contributed by atoms with Gasteiger partial charge in [-0.25, -0.2) is 0 Å². The minimum absolute atomic E-state index is 0. The zero-order chi connectivity index (χ0) is 15.1. The molecule has 0 saturated heterocycles. The average molecular weight is 326 g/mol. The third-order valence-corrected chi connectivity index (χ3v) is 3.29. The normalized spacial score (nSPS) is 10.0. The second-order valence-electron chi connectivity index (χ2n) is 5.28. The molecule has 21 heavy (non-hydrogen) atoms. The summed E-state index contributed by atoms with van der Waals surface area (Å²) in [7, 11) is 1.76. The summed E-state index contributed by atoms with van der Waals surface area (Å²) < 4.78 is 4.71. The topological polar surface area (TPSA) is 55.4 Å². The molecule has 0 atom stereocenters. The van der Waals surface area contributed by atoms with Crippen molar-refractivity contribution in [1.82, 2.24) is 5.32 Å². The molecule has 0 unspecified atom stereocenters. The maximum absolute atomic E-state index is 11.4. The van der Waals surface area contributed by atoms with Gasteiger partial charge in [0, 0.05) is 13.0 Å². The number of esters is 2. The molecule has 0 aromatic heterocycles. The Hall–Kier alpha value is 0.736. The molecular formula is C16H32KNO3. The fraction of sp³-hybridized carbons (Fsp3) is 0.875. The van der Waals surface area contributed by atoms with Crippen LogP contribution in [0.1, 0.15) is 77.6 Å². The fourth-order valence-corrected chi connectivity index (χ4v) is 2.04. The molecule has 1 N–H and O–H groups in total. The van der Waals surface area contributed by atoms with Gasteiger partial charge in [-0.3, -0.25) is 9.59 Å². The third-order valence-electron chi connectivity index (χ3n) is 3.29. The maximum atomic E-state index is 11.4. The van der Waals surface area contributed by atoms with Crippen LogP contribution in [-0.4, -0.2) is 76.9 Å². The van der Waals surface area contributed by atoms with Crippen LogP contribution < -0.4 is 5.32 Å². The van der Waals surface area contributed by atoms with Crippen molar-refractivity contribution in [1.29, 1.82) is 0 Å². The molecule has 0 saturated carbocycles. The molecule has 0 amide bonds. The van der Waals surface area contributed by atoms with Crippen molar-refractivity contribution in [3.63, 3.8) is 0 Å². The van der Waals surface area contributed by atoms with Crippen LogP contribution in [-0.2, 0) is 14.3 Å². The second kappa shape index (κ2) is 18.8. The van der Waals surface area contributed by atoms with Gasteiger partial charge in [-0.05, 0) is 13.5 Å². The molecule has 120 valence electrons. The summed E-state index contributed by atoms with van der Waals surface area (Å²) in [5, 5.41) is 2.84. The summed E-state index contributed by atoms with van der Waals surface area (Å²) in [5.41, 5.74) is 0. The van der Waals surface area contributed by atoms with E-state index in [2.05, 4.69) is 12.2 Å². The molecule has 0 aromatic carbocycles. The first kappa shape index (κ1) is 24.0. The Labute approximate surface area is 172 Å². The van der Waals surface area contributed by atoms with Crippen LogP contribution in [0, 0.1) is 0 Å². The Morgan fingerprint density at radius 2 is 1.29 bits per heavy atom. The van der Waals surface area contributed by atoms with Crippen molar-refractivity contribution in [2.45, 2.75) is 77.6 Å². The SMILES string of the molecule is CCCCCCCCCCCC(=O)OC(=O)CCNC.[KH]. The van der Waals surface area contributed by atoms with Crippen molar-refractivity contribution in [3.8, 4) is 0 Å². The van der Waals surface area contributed by atoms with Crippen LogP contribution in [0.15, 0.2) is 0 Å². The van der Waals surface area contributed by atoms with Crippen LogP contribution in [0.25, 0.3) is 0 Å². The number of unbranched alkanes of at least 4 members (excludes halogenated alkanes) is 8. The number of carbonyl (C=O) groups is 2. The van der Waals surface area contributed by atoms with E-state index < -0.39 is 5.97 Å². The molecule has 4 nitrogen and oxygen atoms in total. The van der Waals surface area contributed by atoms with E-state index in [-0.39, 0.29) is 63.8 Å². The molecule has 0 bridgehead atoms. The standard InChI is InChI=1S/C16H31NO3.K.H/c1-3-4-5-6-7-8-9-10-11-12-15(18)20-16(19)13-14-17-2;;/h17H,3-14H2,1-2H3;;. The summed E-state index contributed by atoms with van der Waals surface area (Å²) in [5.74, 6) is -0.811. The van der Waals surface area contributed by atoms with Crippen LogP contribution in [0.3, 0.4) is 0 Å². The van der Waals surface area contributed by atoms with Gasteiger partial charge in [0.15, 0.2) is 0 Å². The zero-order valence-corrected chi connectivity index (χ0v) is 13.2. The molecule has 0 fully saturated rings. The van der Waals surface area contributed by atoms with E-state index in [0.29, 0.717) is 13.0 Å². The molecule has 0 heterocycles. The Morgan fingerprint density at radius 1 is 0.810 bits per heavy atom. The Balaban J connectivity index is 0.